The number of carbonyl (C=O) groups excluding carboxylic acids is 2. The van der Waals surface area contributed by atoms with E-state index < -0.39 is 31.5 Å². The van der Waals surface area contributed by atoms with Crippen molar-refractivity contribution in [3.05, 3.63) is 22.5 Å². The van der Waals surface area contributed by atoms with Crippen LogP contribution in [0.2, 0.25) is 18.1 Å². The van der Waals surface area contributed by atoms with Gasteiger partial charge in [0.25, 0.3) is 0 Å². The number of allylic oxidation sites excluding steroid dienone is 2. The molecule has 0 unspecified atom stereocenters. The molecular formula is C22H37NO5Si. The monoisotopic (exact) mass is 423 g/mol. The number of ketones is 1. The Hall–Kier alpha value is -1.44. The van der Waals surface area contributed by atoms with Gasteiger partial charge in [-0.3, -0.25) is 9.69 Å². The van der Waals surface area contributed by atoms with E-state index in [1.807, 2.05) is 20.8 Å². The summed E-state index contributed by atoms with van der Waals surface area (Å²) in [5, 5.41) is 11.8. The number of ether oxygens (including phenoxy) is 2. The highest BCUT2D eigenvalue weighted by molar-refractivity contribution is 6.91. The lowest BCUT2D eigenvalue weighted by Gasteiger charge is -2.46. The molecule has 29 heavy (non-hydrogen) atoms. The molecular weight excluding hydrogens is 386 g/mol. The standard InChI is InChI=1S/C22H37NO5Si/c1-9-15-17(25)18(29(10-2,11-3)12-4)19-22(15,27-8)16(24)13-14-23(19)20(26)28-21(5,6)7/h9,16,24H,10-14H2,1-8H3/b15-9+/t16-,22+/m1/s1. The second kappa shape index (κ2) is 8.36. The molecule has 0 spiro atoms. The van der Waals surface area contributed by atoms with Crippen LogP contribution in [-0.2, 0) is 14.3 Å². The zero-order valence-corrected chi connectivity index (χ0v) is 20.2. The van der Waals surface area contributed by atoms with Crippen LogP contribution in [0.15, 0.2) is 22.5 Å². The third kappa shape index (κ3) is 3.62. The molecule has 6 nitrogen and oxygen atoms in total. The number of amides is 1. The van der Waals surface area contributed by atoms with Gasteiger partial charge in [0.1, 0.15) is 5.60 Å². The maximum Gasteiger partial charge on any atom is 0.414 e. The summed E-state index contributed by atoms with van der Waals surface area (Å²) in [6, 6.07) is 2.67. The molecule has 7 heteroatoms. The first kappa shape index (κ1) is 23.8. The van der Waals surface area contributed by atoms with E-state index in [0.717, 1.165) is 23.3 Å². The van der Waals surface area contributed by atoms with Crippen LogP contribution >= 0.6 is 0 Å². The molecule has 1 amide bonds. The maximum atomic E-state index is 13.7. The SMILES string of the molecule is C/C=C1\C(=O)C([Si](CC)(CC)CC)=C2N(C(=O)OC(C)(C)C)CC[C@@H](O)[C@]21OC. The van der Waals surface area contributed by atoms with E-state index in [0.29, 0.717) is 24.2 Å². The molecule has 1 aliphatic heterocycles. The van der Waals surface area contributed by atoms with Crippen LogP contribution in [0, 0.1) is 0 Å². The van der Waals surface area contributed by atoms with Crippen LogP contribution in [-0.4, -0.2) is 60.9 Å². The van der Waals surface area contributed by atoms with Crippen LogP contribution in [0.25, 0.3) is 0 Å². The van der Waals surface area contributed by atoms with Gasteiger partial charge < -0.3 is 14.6 Å². The highest BCUT2D eigenvalue weighted by atomic mass is 28.3. The number of methoxy groups -OCH3 is 1. The zero-order valence-electron chi connectivity index (χ0n) is 19.2. The minimum Gasteiger partial charge on any atom is -0.443 e. The Kier molecular flexibility index (Phi) is 6.87. The van der Waals surface area contributed by atoms with Crippen LogP contribution in [0.5, 0.6) is 0 Å². The summed E-state index contributed by atoms with van der Waals surface area (Å²) >= 11 is 0. The van der Waals surface area contributed by atoms with Gasteiger partial charge in [0.15, 0.2) is 11.4 Å². The molecule has 0 aromatic carbocycles. The molecule has 0 aromatic heterocycles. The van der Waals surface area contributed by atoms with Crippen molar-refractivity contribution < 1.29 is 24.2 Å². The van der Waals surface area contributed by atoms with Gasteiger partial charge in [-0.05, 0) is 34.1 Å². The average molecular weight is 424 g/mol. The van der Waals surface area contributed by atoms with Gasteiger partial charge in [-0.15, -0.1) is 0 Å². The van der Waals surface area contributed by atoms with Crippen molar-refractivity contribution in [2.45, 2.75) is 90.3 Å². The summed E-state index contributed by atoms with van der Waals surface area (Å²) in [6.07, 6.45) is 0.662. The first-order valence-corrected chi connectivity index (χ1v) is 13.3. The van der Waals surface area contributed by atoms with Crippen LogP contribution in [0.1, 0.15) is 54.9 Å². The second-order valence-electron chi connectivity index (χ2n) is 8.97. The number of Topliss-reactive ketones (excluding diaryl/α,β-unsaturated/α-hetero) is 1. The number of nitrogens with zero attached hydrogens (tertiary/aromatic N) is 1. The Labute approximate surface area is 175 Å². The fourth-order valence-corrected chi connectivity index (χ4v) is 8.92. The molecule has 1 aliphatic carbocycles. The zero-order chi connectivity index (χ0) is 22.2. The highest BCUT2D eigenvalue weighted by Gasteiger charge is 2.62. The van der Waals surface area contributed by atoms with Crippen molar-refractivity contribution in [3.8, 4) is 0 Å². The largest absolute Gasteiger partial charge is 0.443 e. The number of likely N-dealkylation sites (tertiary alicyclic amines) is 1. The molecule has 0 radical (unpaired) electrons. The summed E-state index contributed by atoms with van der Waals surface area (Å²) in [4.78, 5) is 28.5. The Balaban J connectivity index is 2.85. The van der Waals surface area contributed by atoms with E-state index in [9.17, 15) is 14.7 Å². The summed E-state index contributed by atoms with van der Waals surface area (Å²) < 4.78 is 11.6. The number of fused-ring (bicyclic) bond motifs is 1. The number of aliphatic hydroxyl groups is 1. The molecule has 0 aromatic rings. The topological polar surface area (TPSA) is 76.1 Å². The number of hydrogen-bond acceptors (Lipinski definition) is 5. The summed E-state index contributed by atoms with van der Waals surface area (Å²) in [5.41, 5.74) is -1.00. The van der Waals surface area contributed by atoms with Crippen molar-refractivity contribution in [1.82, 2.24) is 4.90 Å². The highest BCUT2D eigenvalue weighted by Crippen LogP contribution is 2.52. The average Bonchev–Trinajstić information content (AvgIpc) is 2.93. The fraction of sp³-hybridized carbons (Fsp3) is 0.727. The Bertz CT molecular complexity index is 724. The number of hydrogen-bond donors (Lipinski definition) is 1. The van der Waals surface area contributed by atoms with Crippen LogP contribution in [0.4, 0.5) is 4.79 Å². The minimum absolute atomic E-state index is 0.0731. The molecule has 2 aliphatic rings. The van der Waals surface area contributed by atoms with E-state index in [-0.39, 0.29) is 5.78 Å². The van der Waals surface area contributed by atoms with Crippen molar-refractivity contribution in [1.29, 1.82) is 0 Å². The number of carbonyl (C=O) groups is 2. The molecule has 0 saturated carbocycles. The van der Waals surface area contributed by atoms with E-state index >= 15 is 0 Å². The Morgan fingerprint density at radius 1 is 1.28 bits per heavy atom. The molecule has 2 rings (SSSR count). The summed E-state index contributed by atoms with van der Waals surface area (Å²) in [7, 11) is -0.696. The lowest BCUT2D eigenvalue weighted by atomic mass is 9.82. The molecule has 1 N–H and O–H groups in total. The summed E-state index contributed by atoms with van der Waals surface area (Å²) in [6.45, 7) is 13.9. The number of piperidine rings is 1. The molecule has 1 saturated heterocycles. The van der Waals surface area contributed by atoms with Crippen molar-refractivity contribution in [3.63, 3.8) is 0 Å². The summed E-state index contributed by atoms with van der Waals surface area (Å²) in [5.74, 6) is -0.0731. The molecule has 0 bridgehead atoms. The fourth-order valence-electron chi connectivity index (χ4n) is 4.92. The van der Waals surface area contributed by atoms with E-state index in [1.165, 1.54) is 7.11 Å². The third-order valence-corrected chi connectivity index (χ3v) is 12.2. The first-order valence-electron chi connectivity index (χ1n) is 10.7. The lowest BCUT2D eigenvalue weighted by Crippen LogP contribution is -2.58. The number of rotatable bonds is 5. The van der Waals surface area contributed by atoms with Gasteiger partial charge in [0, 0.05) is 24.4 Å². The quantitative estimate of drug-likeness (QED) is 0.530. The van der Waals surface area contributed by atoms with Crippen LogP contribution < -0.4 is 0 Å². The molecule has 164 valence electrons. The predicted molar refractivity (Wildman–Crippen MR) is 116 cm³/mol. The molecule has 1 heterocycles. The normalized spacial score (nSPS) is 26.9. The van der Waals surface area contributed by atoms with Crippen LogP contribution in [0.3, 0.4) is 0 Å². The van der Waals surface area contributed by atoms with Crippen molar-refractivity contribution in [2.24, 2.45) is 0 Å². The Morgan fingerprint density at radius 2 is 1.83 bits per heavy atom. The van der Waals surface area contributed by atoms with E-state index in [2.05, 4.69) is 20.8 Å². The van der Waals surface area contributed by atoms with E-state index in [1.54, 1.807) is 17.9 Å². The smallest absolute Gasteiger partial charge is 0.414 e. The second-order valence-corrected chi connectivity index (χ2v) is 14.2. The van der Waals surface area contributed by atoms with Gasteiger partial charge >= 0.3 is 6.09 Å². The molecule has 2 atom stereocenters. The van der Waals surface area contributed by atoms with Gasteiger partial charge in [-0.2, -0.15) is 0 Å². The first-order chi connectivity index (χ1) is 13.5. The van der Waals surface area contributed by atoms with Gasteiger partial charge in [0.2, 0.25) is 0 Å². The van der Waals surface area contributed by atoms with Crippen molar-refractivity contribution in [2.75, 3.05) is 13.7 Å². The number of aliphatic hydroxyl groups excluding tert-OH is 1. The van der Waals surface area contributed by atoms with Gasteiger partial charge in [-0.25, -0.2) is 4.79 Å². The molecule has 1 fully saturated rings. The third-order valence-electron chi connectivity index (χ3n) is 6.61. The predicted octanol–water partition coefficient (Wildman–Crippen LogP) is 4.20. The van der Waals surface area contributed by atoms with E-state index in [4.69, 9.17) is 9.47 Å². The van der Waals surface area contributed by atoms with Gasteiger partial charge in [0.05, 0.1) is 19.9 Å². The van der Waals surface area contributed by atoms with Gasteiger partial charge in [-0.1, -0.05) is 45.0 Å². The minimum atomic E-state index is -2.20. The Morgan fingerprint density at radius 3 is 2.24 bits per heavy atom. The lowest BCUT2D eigenvalue weighted by molar-refractivity contribution is -0.117. The maximum absolute atomic E-state index is 13.7. The van der Waals surface area contributed by atoms with Crippen molar-refractivity contribution >= 4 is 20.0 Å².